The van der Waals surface area contributed by atoms with Gasteiger partial charge in [0.2, 0.25) is 0 Å². The Hall–Kier alpha value is -1.23. The summed E-state index contributed by atoms with van der Waals surface area (Å²) < 4.78 is 0. The van der Waals surface area contributed by atoms with Gasteiger partial charge in [0.05, 0.1) is 12.3 Å². The second kappa shape index (κ2) is 6.48. The third-order valence-corrected chi connectivity index (χ3v) is 4.86. The van der Waals surface area contributed by atoms with Gasteiger partial charge in [0.25, 0.3) is 0 Å². The zero-order chi connectivity index (χ0) is 13.8. The predicted octanol–water partition coefficient (Wildman–Crippen LogP) is 3.16. The first-order chi connectivity index (χ1) is 9.86. The second-order valence-electron chi connectivity index (χ2n) is 5.29. The number of benzene rings is 1. The molecule has 0 saturated heterocycles. The van der Waals surface area contributed by atoms with Crippen LogP contribution in [0.2, 0.25) is 0 Å². The van der Waals surface area contributed by atoms with Crippen LogP contribution in [0.4, 0.5) is 0 Å². The molecule has 0 bridgehead atoms. The Kier molecular flexibility index (Phi) is 4.45. The van der Waals surface area contributed by atoms with Gasteiger partial charge >= 0.3 is 0 Å². The van der Waals surface area contributed by atoms with Crippen molar-refractivity contribution in [3.63, 3.8) is 0 Å². The lowest BCUT2D eigenvalue weighted by Crippen LogP contribution is -2.41. The Morgan fingerprint density at radius 3 is 2.70 bits per heavy atom. The molecular formula is C16H20N2OS. The van der Waals surface area contributed by atoms with E-state index in [-0.39, 0.29) is 6.61 Å². The maximum absolute atomic E-state index is 9.21. The molecule has 1 saturated carbocycles. The minimum atomic E-state index is 0.228. The molecule has 106 valence electrons. The van der Waals surface area contributed by atoms with Crippen LogP contribution >= 0.6 is 11.3 Å². The summed E-state index contributed by atoms with van der Waals surface area (Å²) in [6.07, 6.45) is 3.84. The number of aromatic nitrogens is 1. The van der Waals surface area contributed by atoms with E-state index in [4.69, 9.17) is 4.98 Å². The molecule has 20 heavy (non-hydrogen) atoms. The highest BCUT2D eigenvalue weighted by Crippen LogP contribution is 2.28. The van der Waals surface area contributed by atoms with Crippen molar-refractivity contribution in [2.45, 2.75) is 31.8 Å². The van der Waals surface area contributed by atoms with E-state index >= 15 is 0 Å². The molecule has 1 aromatic heterocycles. The number of rotatable bonds is 6. The fourth-order valence-electron chi connectivity index (χ4n) is 2.57. The number of aliphatic hydroxyl groups is 1. The molecule has 2 aromatic rings. The quantitative estimate of drug-likeness (QED) is 0.887. The molecule has 3 nitrogen and oxygen atoms in total. The zero-order valence-corrected chi connectivity index (χ0v) is 12.4. The Morgan fingerprint density at radius 1 is 1.25 bits per heavy atom. The van der Waals surface area contributed by atoms with Crippen molar-refractivity contribution in [1.82, 2.24) is 9.88 Å². The van der Waals surface area contributed by atoms with E-state index in [0.717, 1.165) is 23.8 Å². The summed E-state index contributed by atoms with van der Waals surface area (Å²) in [6, 6.07) is 11.0. The van der Waals surface area contributed by atoms with Crippen LogP contribution in [-0.2, 0) is 6.54 Å². The highest BCUT2D eigenvalue weighted by Gasteiger charge is 2.25. The molecule has 1 aliphatic rings. The SMILES string of the molecule is OCCN(Cc1csc(-c2ccccc2)n1)C1CCC1. The molecule has 0 unspecified atom stereocenters. The summed E-state index contributed by atoms with van der Waals surface area (Å²) in [6.45, 7) is 1.84. The van der Waals surface area contributed by atoms with Crippen molar-refractivity contribution in [2.75, 3.05) is 13.2 Å². The van der Waals surface area contributed by atoms with Gasteiger partial charge in [-0.05, 0) is 12.8 Å². The first kappa shape index (κ1) is 13.7. The fourth-order valence-corrected chi connectivity index (χ4v) is 3.39. The van der Waals surface area contributed by atoms with Crippen LogP contribution in [0.15, 0.2) is 35.7 Å². The summed E-state index contributed by atoms with van der Waals surface area (Å²) >= 11 is 1.70. The first-order valence-electron chi connectivity index (χ1n) is 7.21. The molecular weight excluding hydrogens is 268 g/mol. The van der Waals surface area contributed by atoms with Gasteiger partial charge in [0.1, 0.15) is 5.01 Å². The minimum Gasteiger partial charge on any atom is -0.395 e. The van der Waals surface area contributed by atoms with Crippen molar-refractivity contribution in [3.8, 4) is 10.6 Å². The summed E-state index contributed by atoms with van der Waals surface area (Å²) in [5.74, 6) is 0. The van der Waals surface area contributed by atoms with Crippen LogP contribution in [-0.4, -0.2) is 34.2 Å². The summed E-state index contributed by atoms with van der Waals surface area (Å²) in [5.41, 5.74) is 2.30. The Labute approximate surface area is 123 Å². The Bertz CT molecular complexity index is 536. The topological polar surface area (TPSA) is 36.4 Å². The molecule has 0 spiro atoms. The van der Waals surface area contributed by atoms with Gasteiger partial charge in [-0.3, -0.25) is 4.90 Å². The molecule has 1 aliphatic carbocycles. The molecule has 0 aliphatic heterocycles. The number of hydrogen-bond donors (Lipinski definition) is 1. The molecule has 0 atom stereocenters. The Balaban J connectivity index is 1.69. The summed E-state index contributed by atoms with van der Waals surface area (Å²) in [7, 11) is 0. The van der Waals surface area contributed by atoms with E-state index in [1.165, 1.54) is 24.8 Å². The van der Waals surface area contributed by atoms with Crippen molar-refractivity contribution >= 4 is 11.3 Å². The number of hydrogen-bond acceptors (Lipinski definition) is 4. The van der Waals surface area contributed by atoms with Crippen LogP contribution in [0.3, 0.4) is 0 Å². The van der Waals surface area contributed by atoms with Crippen molar-refractivity contribution in [3.05, 3.63) is 41.4 Å². The molecule has 1 fully saturated rings. The third-order valence-electron chi connectivity index (χ3n) is 3.92. The van der Waals surface area contributed by atoms with E-state index in [0.29, 0.717) is 6.04 Å². The van der Waals surface area contributed by atoms with Gasteiger partial charge in [-0.2, -0.15) is 0 Å². The lowest BCUT2D eigenvalue weighted by Gasteiger charge is -2.36. The van der Waals surface area contributed by atoms with Gasteiger partial charge < -0.3 is 5.11 Å². The largest absolute Gasteiger partial charge is 0.395 e. The molecule has 0 amide bonds. The summed E-state index contributed by atoms with van der Waals surface area (Å²) in [5, 5.41) is 12.4. The Morgan fingerprint density at radius 2 is 2.05 bits per heavy atom. The number of aliphatic hydroxyl groups excluding tert-OH is 1. The van der Waals surface area contributed by atoms with E-state index in [2.05, 4.69) is 22.4 Å². The van der Waals surface area contributed by atoms with Crippen molar-refractivity contribution in [2.24, 2.45) is 0 Å². The normalized spacial score (nSPS) is 15.5. The molecule has 1 aromatic carbocycles. The van der Waals surface area contributed by atoms with Gasteiger partial charge in [0, 0.05) is 30.1 Å². The monoisotopic (exact) mass is 288 g/mol. The van der Waals surface area contributed by atoms with Crippen LogP contribution in [0.5, 0.6) is 0 Å². The van der Waals surface area contributed by atoms with Crippen molar-refractivity contribution < 1.29 is 5.11 Å². The predicted molar refractivity (Wildman–Crippen MR) is 82.7 cm³/mol. The van der Waals surface area contributed by atoms with Gasteiger partial charge in [-0.25, -0.2) is 4.98 Å². The minimum absolute atomic E-state index is 0.228. The third kappa shape index (κ3) is 3.08. The second-order valence-corrected chi connectivity index (χ2v) is 6.15. The number of thiazole rings is 1. The van der Waals surface area contributed by atoms with Crippen LogP contribution < -0.4 is 0 Å². The van der Waals surface area contributed by atoms with Crippen molar-refractivity contribution in [1.29, 1.82) is 0 Å². The maximum atomic E-state index is 9.21. The highest BCUT2D eigenvalue weighted by molar-refractivity contribution is 7.13. The number of nitrogens with zero attached hydrogens (tertiary/aromatic N) is 2. The van der Waals surface area contributed by atoms with E-state index in [1.807, 2.05) is 18.2 Å². The highest BCUT2D eigenvalue weighted by atomic mass is 32.1. The molecule has 3 rings (SSSR count). The van der Waals surface area contributed by atoms with E-state index < -0.39 is 0 Å². The lowest BCUT2D eigenvalue weighted by atomic mass is 9.91. The van der Waals surface area contributed by atoms with Crippen LogP contribution in [0.25, 0.3) is 10.6 Å². The van der Waals surface area contributed by atoms with Gasteiger partial charge in [-0.15, -0.1) is 11.3 Å². The lowest BCUT2D eigenvalue weighted by molar-refractivity contribution is 0.0935. The maximum Gasteiger partial charge on any atom is 0.123 e. The molecule has 4 heteroatoms. The van der Waals surface area contributed by atoms with E-state index in [1.54, 1.807) is 11.3 Å². The van der Waals surface area contributed by atoms with Crippen LogP contribution in [0.1, 0.15) is 25.0 Å². The fraction of sp³-hybridized carbons (Fsp3) is 0.438. The molecule has 1 N–H and O–H groups in total. The van der Waals surface area contributed by atoms with Gasteiger partial charge in [0.15, 0.2) is 0 Å². The molecule has 1 heterocycles. The first-order valence-corrected chi connectivity index (χ1v) is 8.09. The standard InChI is InChI=1S/C16H20N2OS/c19-10-9-18(15-7-4-8-15)11-14-12-20-16(17-14)13-5-2-1-3-6-13/h1-3,5-6,12,15,19H,4,7-11H2. The zero-order valence-electron chi connectivity index (χ0n) is 11.5. The van der Waals surface area contributed by atoms with E-state index in [9.17, 15) is 5.11 Å². The van der Waals surface area contributed by atoms with Gasteiger partial charge in [-0.1, -0.05) is 36.8 Å². The summed E-state index contributed by atoms with van der Waals surface area (Å²) in [4.78, 5) is 7.11. The molecule has 0 radical (unpaired) electrons. The average Bonchev–Trinajstić information content (AvgIpc) is 2.87. The average molecular weight is 288 g/mol. The smallest absolute Gasteiger partial charge is 0.123 e. The van der Waals surface area contributed by atoms with Crippen LogP contribution in [0, 0.1) is 0 Å².